The van der Waals surface area contributed by atoms with E-state index in [0.29, 0.717) is 11.8 Å². The largest absolute Gasteiger partial charge is 0.379 e. The Hall–Kier alpha value is -0.830. The van der Waals surface area contributed by atoms with Crippen LogP contribution in [0.4, 0.5) is 0 Å². The standard InChI is InChI=1S/C17H24ClNO/c1-13(2)14(3)17(12-19-8-10-20-11-9-19)15-4-6-16(18)7-5-15/h4-7,13,17H,3,8-12H2,1-2H3/t17-/m0/s1. The third-order valence-electron chi connectivity index (χ3n) is 4.01. The van der Waals surface area contributed by atoms with Crippen molar-refractivity contribution in [3.8, 4) is 0 Å². The molecule has 0 radical (unpaired) electrons. The number of morpholine rings is 1. The van der Waals surface area contributed by atoms with Crippen LogP contribution in [-0.2, 0) is 4.74 Å². The van der Waals surface area contributed by atoms with Crippen molar-refractivity contribution in [2.24, 2.45) is 5.92 Å². The SMILES string of the molecule is C=C(C(C)C)[C@H](CN1CCOCC1)c1ccc(Cl)cc1. The molecule has 0 saturated carbocycles. The van der Waals surface area contributed by atoms with Crippen molar-refractivity contribution in [1.82, 2.24) is 4.90 Å². The predicted molar refractivity (Wildman–Crippen MR) is 85.4 cm³/mol. The van der Waals surface area contributed by atoms with E-state index in [0.717, 1.165) is 37.9 Å². The average Bonchev–Trinajstić information content (AvgIpc) is 2.46. The first-order chi connectivity index (χ1) is 9.58. The van der Waals surface area contributed by atoms with Crippen LogP contribution in [0.5, 0.6) is 0 Å². The third-order valence-corrected chi connectivity index (χ3v) is 4.26. The Bertz CT molecular complexity index is 435. The monoisotopic (exact) mass is 293 g/mol. The fourth-order valence-electron chi connectivity index (χ4n) is 2.58. The fourth-order valence-corrected chi connectivity index (χ4v) is 2.70. The van der Waals surface area contributed by atoms with E-state index in [-0.39, 0.29) is 0 Å². The second-order valence-electron chi connectivity index (χ2n) is 5.75. The van der Waals surface area contributed by atoms with Gasteiger partial charge < -0.3 is 4.74 Å². The average molecular weight is 294 g/mol. The smallest absolute Gasteiger partial charge is 0.0594 e. The van der Waals surface area contributed by atoms with E-state index in [1.165, 1.54) is 11.1 Å². The van der Waals surface area contributed by atoms with Crippen molar-refractivity contribution in [1.29, 1.82) is 0 Å². The Morgan fingerprint density at radius 3 is 2.40 bits per heavy atom. The molecule has 1 fully saturated rings. The quantitative estimate of drug-likeness (QED) is 0.762. The number of rotatable bonds is 5. The summed E-state index contributed by atoms with van der Waals surface area (Å²) in [6, 6.07) is 8.19. The van der Waals surface area contributed by atoms with Gasteiger partial charge in [-0.25, -0.2) is 0 Å². The molecule has 2 rings (SSSR count). The van der Waals surface area contributed by atoms with Gasteiger partial charge in [-0.05, 0) is 23.6 Å². The Balaban J connectivity index is 2.15. The fraction of sp³-hybridized carbons (Fsp3) is 0.529. The summed E-state index contributed by atoms with van der Waals surface area (Å²) in [5, 5.41) is 0.786. The molecule has 110 valence electrons. The first kappa shape index (κ1) is 15.6. The molecule has 1 aliphatic rings. The van der Waals surface area contributed by atoms with Gasteiger partial charge in [-0.2, -0.15) is 0 Å². The number of hydrogen-bond acceptors (Lipinski definition) is 2. The van der Waals surface area contributed by atoms with E-state index in [9.17, 15) is 0 Å². The Kier molecular flexibility index (Phi) is 5.64. The molecule has 3 heteroatoms. The van der Waals surface area contributed by atoms with Crippen molar-refractivity contribution in [2.75, 3.05) is 32.8 Å². The summed E-state index contributed by atoms with van der Waals surface area (Å²) in [6.07, 6.45) is 0. The highest BCUT2D eigenvalue weighted by molar-refractivity contribution is 6.30. The zero-order chi connectivity index (χ0) is 14.5. The number of hydrogen-bond donors (Lipinski definition) is 0. The molecule has 1 atom stereocenters. The second kappa shape index (κ2) is 7.26. The second-order valence-corrected chi connectivity index (χ2v) is 6.18. The Morgan fingerprint density at radius 2 is 1.85 bits per heavy atom. The van der Waals surface area contributed by atoms with Crippen molar-refractivity contribution in [3.05, 3.63) is 47.0 Å². The van der Waals surface area contributed by atoms with E-state index >= 15 is 0 Å². The van der Waals surface area contributed by atoms with E-state index in [1.54, 1.807) is 0 Å². The molecule has 0 amide bonds. The van der Waals surface area contributed by atoms with Gasteiger partial charge in [-0.15, -0.1) is 0 Å². The molecule has 0 spiro atoms. The highest BCUT2D eigenvalue weighted by atomic mass is 35.5. The van der Waals surface area contributed by atoms with Gasteiger partial charge in [0.2, 0.25) is 0 Å². The van der Waals surface area contributed by atoms with Crippen LogP contribution in [0.25, 0.3) is 0 Å². The summed E-state index contributed by atoms with van der Waals surface area (Å²) in [4.78, 5) is 2.47. The van der Waals surface area contributed by atoms with Crippen LogP contribution >= 0.6 is 11.6 Å². The lowest BCUT2D eigenvalue weighted by Crippen LogP contribution is -2.39. The minimum atomic E-state index is 0.366. The summed E-state index contributed by atoms with van der Waals surface area (Å²) in [5.41, 5.74) is 2.60. The lowest BCUT2D eigenvalue weighted by molar-refractivity contribution is 0.0361. The first-order valence-corrected chi connectivity index (χ1v) is 7.70. The zero-order valence-electron chi connectivity index (χ0n) is 12.4. The van der Waals surface area contributed by atoms with Crippen molar-refractivity contribution < 1.29 is 4.74 Å². The molecular weight excluding hydrogens is 270 g/mol. The Morgan fingerprint density at radius 1 is 1.25 bits per heavy atom. The van der Waals surface area contributed by atoms with Gasteiger partial charge in [-0.1, -0.05) is 49.7 Å². The molecule has 1 saturated heterocycles. The summed E-state index contributed by atoms with van der Waals surface area (Å²) >= 11 is 6.00. The maximum atomic E-state index is 6.00. The van der Waals surface area contributed by atoms with Gasteiger partial charge in [0.25, 0.3) is 0 Å². The van der Waals surface area contributed by atoms with E-state index in [4.69, 9.17) is 16.3 Å². The molecule has 1 aromatic rings. The molecule has 0 bridgehead atoms. The van der Waals surface area contributed by atoms with Crippen LogP contribution in [0.15, 0.2) is 36.4 Å². The van der Waals surface area contributed by atoms with Crippen LogP contribution in [0, 0.1) is 5.92 Å². The molecule has 1 heterocycles. The van der Waals surface area contributed by atoms with Gasteiger partial charge >= 0.3 is 0 Å². The van der Waals surface area contributed by atoms with E-state index in [2.05, 4.69) is 37.5 Å². The Labute approximate surface area is 127 Å². The molecule has 0 unspecified atom stereocenters. The van der Waals surface area contributed by atoms with Gasteiger partial charge in [0.05, 0.1) is 13.2 Å². The number of ether oxygens (including phenoxy) is 1. The molecule has 1 aliphatic heterocycles. The van der Waals surface area contributed by atoms with Gasteiger partial charge in [0.1, 0.15) is 0 Å². The normalized spacial score (nSPS) is 18.2. The minimum Gasteiger partial charge on any atom is -0.379 e. The van der Waals surface area contributed by atoms with Gasteiger partial charge in [-0.3, -0.25) is 4.90 Å². The molecule has 20 heavy (non-hydrogen) atoms. The van der Waals surface area contributed by atoms with Crippen LogP contribution in [-0.4, -0.2) is 37.7 Å². The third kappa shape index (κ3) is 4.08. The van der Waals surface area contributed by atoms with E-state index < -0.39 is 0 Å². The molecule has 1 aromatic carbocycles. The highest BCUT2D eigenvalue weighted by Gasteiger charge is 2.22. The molecular formula is C17H24ClNO. The van der Waals surface area contributed by atoms with E-state index in [1.807, 2.05) is 12.1 Å². The summed E-state index contributed by atoms with van der Waals surface area (Å²) < 4.78 is 5.43. The summed E-state index contributed by atoms with van der Waals surface area (Å²) in [5.74, 6) is 0.849. The number of benzene rings is 1. The van der Waals surface area contributed by atoms with Gasteiger partial charge in [0.15, 0.2) is 0 Å². The van der Waals surface area contributed by atoms with Crippen LogP contribution in [0.1, 0.15) is 25.3 Å². The highest BCUT2D eigenvalue weighted by Crippen LogP contribution is 2.30. The maximum absolute atomic E-state index is 6.00. The predicted octanol–water partition coefficient (Wildman–Crippen LogP) is 3.97. The molecule has 0 aliphatic carbocycles. The first-order valence-electron chi connectivity index (χ1n) is 7.32. The van der Waals surface area contributed by atoms with Gasteiger partial charge in [0, 0.05) is 30.6 Å². The lowest BCUT2D eigenvalue weighted by Gasteiger charge is -2.32. The van der Waals surface area contributed by atoms with Crippen molar-refractivity contribution in [3.63, 3.8) is 0 Å². The van der Waals surface area contributed by atoms with Crippen molar-refractivity contribution in [2.45, 2.75) is 19.8 Å². The van der Waals surface area contributed by atoms with Crippen LogP contribution in [0.3, 0.4) is 0 Å². The number of nitrogens with zero attached hydrogens (tertiary/aromatic N) is 1. The zero-order valence-corrected chi connectivity index (χ0v) is 13.2. The molecule has 0 aromatic heterocycles. The number of halogens is 1. The maximum Gasteiger partial charge on any atom is 0.0594 e. The van der Waals surface area contributed by atoms with Crippen molar-refractivity contribution >= 4 is 11.6 Å². The lowest BCUT2D eigenvalue weighted by atomic mass is 9.85. The molecule has 0 N–H and O–H groups in total. The van der Waals surface area contributed by atoms with Crippen LogP contribution < -0.4 is 0 Å². The summed E-state index contributed by atoms with van der Waals surface area (Å²) in [7, 11) is 0. The molecule has 2 nitrogen and oxygen atoms in total. The topological polar surface area (TPSA) is 12.5 Å². The summed E-state index contributed by atoms with van der Waals surface area (Å²) in [6.45, 7) is 13.5. The minimum absolute atomic E-state index is 0.366. The van der Waals surface area contributed by atoms with Crippen LogP contribution in [0.2, 0.25) is 5.02 Å².